The van der Waals surface area contributed by atoms with Crippen LogP contribution in [0.5, 0.6) is 0 Å². The summed E-state index contributed by atoms with van der Waals surface area (Å²) in [7, 11) is -8.98. The Morgan fingerprint density at radius 1 is 0.385 bits per heavy atom. The van der Waals surface area contributed by atoms with Crippen molar-refractivity contribution >= 4 is 20.8 Å². The first kappa shape index (κ1) is 43.8. The molecule has 0 aliphatic rings. The molecule has 0 rings (SSSR count). The van der Waals surface area contributed by atoms with Gasteiger partial charge >= 0.3 is 19.5 Å². The van der Waals surface area contributed by atoms with Crippen LogP contribution in [0.15, 0.2) is 0 Å². The van der Waals surface area contributed by atoms with Crippen molar-refractivity contribution in [2.24, 2.45) is 0 Å². The van der Waals surface area contributed by atoms with Crippen molar-refractivity contribution in [2.45, 2.75) is 168 Å². The van der Waals surface area contributed by atoms with Gasteiger partial charge in [0.25, 0.3) is 0 Å². The summed E-state index contributed by atoms with van der Waals surface area (Å²) in [6, 6.07) is 0. The summed E-state index contributed by atoms with van der Waals surface area (Å²) in [6.07, 6.45) is 29.1. The van der Waals surface area contributed by atoms with Gasteiger partial charge in [-0.05, 0) is 12.8 Å². The van der Waals surface area contributed by atoms with Gasteiger partial charge in [-0.25, -0.2) is 16.8 Å². The summed E-state index contributed by atoms with van der Waals surface area (Å²) in [5, 5.41) is 0. The molecule has 8 nitrogen and oxygen atoms in total. The zero-order valence-corrected chi connectivity index (χ0v) is 29.8. The van der Waals surface area contributed by atoms with E-state index in [0.29, 0.717) is 12.8 Å². The molecule has 0 aliphatic carbocycles. The molecule has 0 aromatic rings. The maximum absolute atomic E-state index is 10.2. The van der Waals surface area contributed by atoms with E-state index in [0.717, 1.165) is 25.7 Å². The first-order valence-corrected chi connectivity index (χ1v) is 18.0. The van der Waals surface area contributed by atoms with E-state index >= 15 is 0 Å². The Bertz CT molecular complexity index is 615. The van der Waals surface area contributed by atoms with Gasteiger partial charge in [-0.15, -0.1) is 0 Å². The Morgan fingerprint density at radius 2 is 0.564 bits per heavy atom. The maximum Gasteiger partial charge on any atom is 2.00 e. The van der Waals surface area contributed by atoms with E-state index in [9.17, 15) is 25.9 Å². The zero-order valence-electron chi connectivity index (χ0n) is 25.2. The van der Waals surface area contributed by atoms with Gasteiger partial charge < -0.3 is 9.11 Å². The molecule has 0 atom stereocenters. The third-order valence-electron chi connectivity index (χ3n) is 6.45. The Morgan fingerprint density at radius 3 is 0.744 bits per heavy atom. The topological polar surface area (TPSA) is 133 Å². The quantitative estimate of drug-likeness (QED) is 0.0357. The number of rotatable bonds is 28. The van der Waals surface area contributed by atoms with Gasteiger partial charge in [0.15, 0.2) is 0 Å². The summed E-state index contributed by atoms with van der Waals surface area (Å²) in [5.74, 6) is 0. The zero-order chi connectivity index (χ0) is 28.8. The molecule has 0 saturated heterocycles. The maximum atomic E-state index is 10.2. The average Bonchev–Trinajstić information content (AvgIpc) is 2.84. The normalized spacial score (nSPS) is 11.6. The van der Waals surface area contributed by atoms with Gasteiger partial charge in [0.05, 0.1) is 13.2 Å². The van der Waals surface area contributed by atoms with Gasteiger partial charge in [0.1, 0.15) is 0 Å². The van der Waals surface area contributed by atoms with Gasteiger partial charge in [0.2, 0.25) is 20.8 Å². The van der Waals surface area contributed by atoms with Crippen molar-refractivity contribution in [3.05, 3.63) is 0 Å². The van der Waals surface area contributed by atoms with Gasteiger partial charge in [-0.2, -0.15) is 0 Å². The van der Waals surface area contributed by atoms with Crippen molar-refractivity contribution in [1.82, 2.24) is 0 Å². The first-order valence-electron chi connectivity index (χ1n) is 15.3. The molecule has 0 aromatic heterocycles. The number of unbranched alkanes of at least 4 members (excludes halogenated alkanes) is 22. The fourth-order valence-electron chi connectivity index (χ4n) is 4.21. The van der Waals surface area contributed by atoms with Crippen molar-refractivity contribution in [3.63, 3.8) is 0 Å². The second-order valence-corrected chi connectivity index (χ2v) is 12.3. The molecule has 0 radical (unpaired) electrons. The summed E-state index contributed by atoms with van der Waals surface area (Å²) < 4.78 is 69.2. The molecule has 0 aliphatic heterocycles. The number of hydrogen-bond acceptors (Lipinski definition) is 8. The van der Waals surface area contributed by atoms with E-state index in [2.05, 4.69) is 22.2 Å². The molecule has 0 amide bonds. The van der Waals surface area contributed by atoms with Crippen molar-refractivity contribution < 1.29 is 53.8 Å². The van der Waals surface area contributed by atoms with E-state index in [-0.39, 0.29) is 32.7 Å². The Hall–Kier alpha value is 0.363. The smallest absolute Gasteiger partial charge is 0.726 e. The van der Waals surface area contributed by atoms with E-state index in [1.807, 2.05) is 0 Å². The van der Waals surface area contributed by atoms with Crippen LogP contribution in [0.2, 0.25) is 0 Å². The molecule has 0 aromatic carbocycles. The Balaban J connectivity index is -0.000000648. The van der Waals surface area contributed by atoms with Crippen LogP contribution >= 0.6 is 0 Å². The van der Waals surface area contributed by atoms with E-state index in [1.54, 1.807) is 0 Å². The monoisotopic (exact) mass is 650 g/mol. The molecule has 39 heavy (non-hydrogen) atoms. The minimum absolute atomic E-state index is 0. The summed E-state index contributed by atoms with van der Waals surface area (Å²) in [6.45, 7) is 4.53. The molecular formula is C28H58O8S2Zn. The van der Waals surface area contributed by atoms with Crippen molar-refractivity contribution in [3.8, 4) is 0 Å². The summed E-state index contributed by atoms with van der Waals surface area (Å²) in [4.78, 5) is 0. The van der Waals surface area contributed by atoms with Crippen LogP contribution in [0.1, 0.15) is 168 Å². The van der Waals surface area contributed by atoms with Crippen LogP contribution in [0.4, 0.5) is 0 Å². The predicted molar refractivity (Wildman–Crippen MR) is 153 cm³/mol. The molecule has 11 heteroatoms. The predicted octanol–water partition coefficient (Wildman–Crippen LogP) is 8.33. The molecule has 0 unspecified atom stereocenters. The van der Waals surface area contributed by atoms with E-state index < -0.39 is 20.8 Å². The van der Waals surface area contributed by atoms with Gasteiger partial charge in [-0.1, -0.05) is 155 Å². The third-order valence-corrected chi connectivity index (χ3v) is 7.36. The molecule has 0 fully saturated rings. The molecule has 0 heterocycles. The number of hydrogen-bond donors (Lipinski definition) is 0. The minimum Gasteiger partial charge on any atom is -0.726 e. The standard InChI is InChI=1S/2C14H30O4S.Zn/c2*1-2-3-4-5-6-7-8-9-10-11-12-13-14-18-19(15,16)17;/h2*2-14H2,1H3,(H,15,16,17);/q;;+2/p-2. The molecule has 0 bridgehead atoms. The molecule has 232 valence electrons. The van der Waals surface area contributed by atoms with Crippen LogP contribution in [-0.4, -0.2) is 39.2 Å². The largest absolute Gasteiger partial charge is 2.00 e. The molecular weight excluding hydrogens is 594 g/mol. The second kappa shape index (κ2) is 32.9. The van der Waals surface area contributed by atoms with Crippen LogP contribution in [-0.2, 0) is 48.6 Å². The van der Waals surface area contributed by atoms with E-state index in [4.69, 9.17) is 0 Å². The molecule has 0 spiro atoms. The fraction of sp³-hybridized carbons (Fsp3) is 1.00. The van der Waals surface area contributed by atoms with Crippen LogP contribution in [0, 0.1) is 0 Å². The van der Waals surface area contributed by atoms with Gasteiger partial charge in [0, 0.05) is 0 Å². The Kier molecular flexibility index (Phi) is 36.9. The van der Waals surface area contributed by atoms with Crippen molar-refractivity contribution in [1.29, 1.82) is 0 Å². The van der Waals surface area contributed by atoms with Crippen LogP contribution < -0.4 is 0 Å². The van der Waals surface area contributed by atoms with E-state index in [1.165, 1.54) is 116 Å². The van der Waals surface area contributed by atoms with Gasteiger partial charge in [-0.3, -0.25) is 8.37 Å². The van der Waals surface area contributed by atoms with Crippen LogP contribution in [0.3, 0.4) is 0 Å². The minimum atomic E-state index is -4.49. The first-order chi connectivity index (χ1) is 18.1. The Labute approximate surface area is 254 Å². The summed E-state index contributed by atoms with van der Waals surface area (Å²) in [5.41, 5.74) is 0. The van der Waals surface area contributed by atoms with Crippen molar-refractivity contribution in [2.75, 3.05) is 13.2 Å². The molecule has 0 N–H and O–H groups in total. The average molecular weight is 652 g/mol. The third kappa shape index (κ3) is 48.4. The van der Waals surface area contributed by atoms with Crippen LogP contribution in [0.25, 0.3) is 0 Å². The molecule has 0 saturated carbocycles. The SMILES string of the molecule is CCCCCCCCCCCCCCOS(=O)(=O)[O-].CCCCCCCCCCCCCCOS(=O)(=O)[O-].[Zn+2]. The summed E-state index contributed by atoms with van der Waals surface area (Å²) >= 11 is 0. The second-order valence-electron chi connectivity index (χ2n) is 10.2. The fourth-order valence-corrected chi connectivity index (χ4v) is 4.85.